The lowest BCUT2D eigenvalue weighted by Crippen LogP contribution is -2.54. The number of amides is 2. The molecular weight excluding hydrogens is 467 g/mol. The number of fused-ring (bicyclic) bond motifs is 1. The fraction of sp³-hybridized carbons (Fsp3) is 0.391. The SMILES string of the molecule is COc1ccc(-c2nc(C(=O)N3CCN(C(C)C)C(=O)C3)c(CN)o2)c2ccc(C(F)(F)F)nc12. The molecule has 0 unspecified atom stereocenters. The van der Waals surface area contributed by atoms with Crippen LogP contribution in [-0.4, -0.2) is 64.4 Å². The molecule has 2 aromatic heterocycles. The molecule has 1 aliphatic heterocycles. The van der Waals surface area contributed by atoms with Crippen molar-refractivity contribution in [1.29, 1.82) is 0 Å². The lowest BCUT2D eigenvalue weighted by molar-refractivity contribution is -0.141. The van der Waals surface area contributed by atoms with Crippen LogP contribution in [0.4, 0.5) is 13.2 Å². The molecule has 2 N–H and O–H groups in total. The van der Waals surface area contributed by atoms with Crippen LogP contribution in [0.2, 0.25) is 0 Å². The zero-order valence-corrected chi connectivity index (χ0v) is 19.3. The largest absolute Gasteiger partial charge is 0.494 e. The number of ether oxygens (including phenoxy) is 1. The van der Waals surface area contributed by atoms with Gasteiger partial charge in [0.1, 0.15) is 23.5 Å². The molecule has 9 nitrogen and oxygen atoms in total. The predicted octanol–water partition coefficient (Wildman–Crippen LogP) is 3.07. The molecule has 1 saturated heterocycles. The van der Waals surface area contributed by atoms with E-state index >= 15 is 0 Å². The van der Waals surface area contributed by atoms with E-state index in [9.17, 15) is 22.8 Å². The average Bonchev–Trinajstić information content (AvgIpc) is 3.25. The first-order valence-electron chi connectivity index (χ1n) is 10.9. The van der Waals surface area contributed by atoms with Gasteiger partial charge in [-0.05, 0) is 38.1 Å². The van der Waals surface area contributed by atoms with Crippen molar-refractivity contribution in [2.45, 2.75) is 32.6 Å². The van der Waals surface area contributed by atoms with Crippen molar-refractivity contribution in [2.24, 2.45) is 5.73 Å². The van der Waals surface area contributed by atoms with E-state index in [2.05, 4.69) is 9.97 Å². The zero-order chi connectivity index (χ0) is 25.5. The van der Waals surface area contributed by atoms with Crippen molar-refractivity contribution in [2.75, 3.05) is 26.7 Å². The molecule has 1 fully saturated rings. The Bertz CT molecular complexity index is 1290. The number of methoxy groups -OCH3 is 1. The highest BCUT2D eigenvalue weighted by Crippen LogP contribution is 2.37. The summed E-state index contributed by atoms with van der Waals surface area (Å²) in [5.74, 6) is -0.446. The Kier molecular flexibility index (Phi) is 6.41. The Balaban J connectivity index is 1.73. The number of nitrogens with zero attached hydrogens (tertiary/aromatic N) is 4. The van der Waals surface area contributed by atoms with Crippen molar-refractivity contribution in [3.05, 3.63) is 41.4 Å². The second kappa shape index (κ2) is 9.17. The van der Waals surface area contributed by atoms with Crippen molar-refractivity contribution >= 4 is 22.7 Å². The third-order valence-corrected chi connectivity index (χ3v) is 5.81. The molecule has 0 saturated carbocycles. The molecule has 35 heavy (non-hydrogen) atoms. The molecule has 0 spiro atoms. The molecule has 2 amide bonds. The van der Waals surface area contributed by atoms with E-state index in [1.807, 2.05) is 13.8 Å². The number of benzene rings is 1. The minimum Gasteiger partial charge on any atom is -0.494 e. The molecule has 0 atom stereocenters. The number of hydrogen-bond donors (Lipinski definition) is 1. The fourth-order valence-corrected chi connectivity index (χ4v) is 4.03. The summed E-state index contributed by atoms with van der Waals surface area (Å²) in [6, 6.07) is 5.13. The molecule has 4 rings (SSSR count). The summed E-state index contributed by atoms with van der Waals surface area (Å²) < 4.78 is 50.6. The number of oxazole rings is 1. The van der Waals surface area contributed by atoms with Crippen LogP contribution in [0.25, 0.3) is 22.4 Å². The summed E-state index contributed by atoms with van der Waals surface area (Å²) in [5.41, 5.74) is 4.95. The van der Waals surface area contributed by atoms with Gasteiger partial charge in [-0.3, -0.25) is 9.59 Å². The normalized spacial score (nSPS) is 14.8. The number of nitrogens with two attached hydrogens (primary N) is 1. The van der Waals surface area contributed by atoms with Crippen LogP contribution in [0.15, 0.2) is 28.7 Å². The minimum absolute atomic E-state index is 0.00449. The second-order valence-electron chi connectivity index (χ2n) is 8.31. The summed E-state index contributed by atoms with van der Waals surface area (Å²) in [7, 11) is 1.32. The Hall–Kier alpha value is -3.67. The summed E-state index contributed by atoms with van der Waals surface area (Å²) in [5, 5.41) is 0.293. The van der Waals surface area contributed by atoms with Crippen LogP contribution >= 0.6 is 0 Å². The van der Waals surface area contributed by atoms with E-state index < -0.39 is 17.8 Å². The Morgan fingerprint density at radius 3 is 2.54 bits per heavy atom. The monoisotopic (exact) mass is 491 g/mol. The highest BCUT2D eigenvalue weighted by molar-refractivity contribution is 5.99. The molecule has 1 aromatic carbocycles. The van der Waals surface area contributed by atoms with Gasteiger partial charge in [-0.2, -0.15) is 13.2 Å². The molecule has 3 heterocycles. The molecule has 0 aliphatic carbocycles. The molecule has 0 bridgehead atoms. The number of halogens is 3. The first-order valence-corrected chi connectivity index (χ1v) is 10.9. The van der Waals surface area contributed by atoms with Gasteiger partial charge in [0.05, 0.1) is 13.7 Å². The summed E-state index contributed by atoms with van der Waals surface area (Å²) in [6.07, 6.45) is -4.64. The lowest BCUT2D eigenvalue weighted by atomic mass is 10.1. The quantitative estimate of drug-likeness (QED) is 0.583. The number of alkyl halides is 3. The zero-order valence-electron chi connectivity index (χ0n) is 19.3. The Morgan fingerprint density at radius 1 is 1.20 bits per heavy atom. The van der Waals surface area contributed by atoms with Crippen molar-refractivity contribution < 1.29 is 31.9 Å². The number of carbonyl (C=O) groups is 2. The standard InChI is InChI=1S/C23H24F3N5O4/c1-12(2)31-9-8-30(11-18(31)32)22(33)20-16(10-27)35-21(29-20)14-4-6-15(34-3)19-13(14)5-7-17(28-19)23(24,25)26/h4-7,12H,8-11,27H2,1-3H3. The van der Waals surface area contributed by atoms with Gasteiger partial charge in [-0.1, -0.05) is 0 Å². The fourth-order valence-electron chi connectivity index (χ4n) is 4.03. The van der Waals surface area contributed by atoms with Crippen LogP contribution < -0.4 is 10.5 Å². The second-order valence-corrected chi connectivity index (χ2v) is 8.31. The first kappa shape index (κ1) is 24.5. The third kappa shape index (κ3) is 4.53. The van der Waals surface area contributed by atoms with E-state index in [1.54, 1.807) is 11.0 Å². The topological polar surface area (TPSA) is 115 Å². The van der Waals surface area contributed by atoms with Crippen LogP contribution in [0.3, 0.4) is 0 Å². The molecule has 12 heteroatoms. The molecule has 3 aromatic rings. The Morgan fingerprint density at radius 2 is 1.94 bits per heavy atom. The number of piperazine rings is 1. The third-order valence-electron chi connectivity index (χ3n) is 5.81. The van der Waals surface area contributed by atoms with Crippen LogP contribution in [0, 0.1) is 0 Å². The van der Waals surface area contributed by atoms with Gasteiger partial charge in [-0.25, -0.2) is 9.97 Å². The molecular formula is C23H24F3N5O4. The van der Waals surface area contributed by atoms with Gasteiger partial charge in [0.25, 0.3) is 5.91 Å². The van der Waals surface area contributed by atoms with E-state index in [4.69, 9.17) is 14.9 Å². The molecule has 186 valence electrons. The van der Waals surface area contributed by atoms with Crippen molar-refractivity contribution in [1.82, 2.24) is 19.8 Å². The maximum Gasteiger partial charge on any atom is 0.433 e. The van der Waals surface area contributed by atoms with Crippen LogP contribution in [0.1, 0.15) is 35.8 Å². The minimum atomic E-state index is -4.64. The van der Waals surface area contributed by atoms with Crippen molar-refractivity contribution in [3.8, 4) is 17.2 Å². The van der Waals surface area contributed by atoms with E-state index in [0.29, 0.717) is 24.0 Å². The predicted molar refractivity (Wildman–Crippen MR) is 119 cm³/mol. The van der Waals surface area contributed by atoms with Gasteiger partial charge in [0.15, 0.2) is 11.5 Å². The number of rotatable bonds is 5. The van der Waals surface area contributed by atoms with Gasteiger partial charge in [0.2, 0.25) is 11.8 Å². The van der Waals surface area contributed by atoms with E-state index in [0.717, 1.165) is 6.07 Å². The number of aromatic nitrogens is 2. The van der Waals surface area contributed by atoms with Gasteiger partial charge in [-0.15, -0.1) is 0 Å². The Labute approximate surface area is 198 Å². The highest BCUT2D eigenvalue weighted by Gasteiger charge is 2.34. The number of carbonyl (C=O) groups excluding carboxylic acids is 2. The van der Waals surface area contributed by atoms with Crippen molar-refractivity contribution in [3.63, 3.8) is 0 Å². The summed E-state index contributed by atoms with van der Waals surface area (Å²) >= 11 is 0. The van der Waals surface area contributed by atoms with Crippen LogP contribution in [0.5, 0.6) is 5.75 Å². The first-order chi connectivity index (χ1) is 16.5. The number of hydrogen-bond acceptors (Lipinski definition) is 7. The highest BCUT2D eigenvalue weighted by atomic mass is 19.4. The molecule has 0 radical (unpaired) electrons. The van der Waals surface area contributed by atoms with E-state index in [-0.39, 0.29) is 53.6 Å². The van der Waals surface area contributed by atoms with Gasteiger partial charge in [0, 0.05) is 30.1 Å². The maximum absolute atomic E-state index is 13.2. The smallest absolute Gasteiger partial charge is 0.433 e. The van der Waals surface area contributed by atoms with Crippen LogP contribution in [-0.2, 0) is 17.5 Å². The van der Waals surface area contributed by atoms with E-state index in [1.165, 1.54) is 24.1 Å². The number of pyridine rings is 1. The molecule has 1 aliphatic rings. The summed E-state index contributed by atoms with van der Waals surface area (Å²) in [4.78, 5) is 36.7. The lowest BCUT2D eigenvalue weighted by Gasteiger charge is -2.36. The van der Waals surface area contributed by atoms with Gasteiger partial charge < -0.3 is 24.7 Å². The van der Waals surface area contributed by atoms with Gasteiger partial charge >= 0.3 is 6.18 Å². The average molecular weight is 491 g/mol. The summed E-state index contributed by atoms with van der Waals surface area (Å²) in [6.45, 7) is 4.28. The maximum atomic E-state index is 13.2.